The van der Waals surface area contributed by atoms with Crippen LogP contribution >= 0.6 is 23.2 Å². The molecule has 1 amide bonds. The summed E-state index contributed by atoms with van der Waals surface area (Å²) in [7, 11) is 0. The number of rotatable bonds is 2. The molecule has 1 aliphatic rings. The second kappa shape index (κ2) is 5.80. The number of carbonyl (C=O) groups excluding carboxylic acids is 2. The lowest BCUT2D eigenvalue weighted by Crippen LogP contribution is -2.38. The van der Waals surface area contributed by atoms with Crippen LogP contribution in [0.5, 0.6) is 5.75 Å². The molecule has 1 aromatic carbocycles. The van der Waals surface area contributed by atoms with E-state index in [-0.39, 0.29) is 11.9 Å². The van der Waals surface area contributed by atoms with Gasteiger partial charge >= 0.3 is 5.97 Å². The van der Waals surface area contributed by atoms with Crippen LogP contribution in [0.2, 0.25) is 0 Å². The van der Waals surface area contributed by atoms with Gasteiger partial charge in [0.2, 0.25) is 0 Å². The first-order chi connectivity index (χ1) is 8.99. The van der Waals surface area contributed by atoms with Crippen LogP contribution in [-0.2, 0) is 16.0 Å². The molecule has 0 aliphatic carbocycles. The summed E-state index contributed by atoms with van der Waals surface area (Å²) < 4.78 is 5.03. The van der Waals surface area contributed by atoms with Crippen molar-refractivity contribution in [3.63, 3.8) is 0 Å². The van der Waals surface area contributed by atoms with Crippen molar-refractivity contribution in [3.8, 4) is 5.75 Å². The molecule has 2 rings (SSSR count). The maximum absolute atomic E-state index is 11.9. The molecule has 0 atom stereocenters. The monoisotopic (exact) mass is 301 g/mol. The third-order valence-electron chi connectivity index (χ3n) is 2.88. The summed E-state index contributed by atoms with van der Waals surface area (Å²) in [6.07, 6.45) is 1.65. The van der Waals surface area contributed by atoms with Gasteiger partial charge in [0, 0.05) is 19.2 Å². The second-order valence-corrected chi connectivity index (χ2v) is 5.37. The SMILES string of the molecule is CC(=O)Oc1ccc2c(c1)CCCN2C(=O)C(Cl)Cl. The molecule has 1 heterocycles. The van der Waals surface area contributed by atoms with Gasteiger partial charge < -0.3 is 9.64 Å². The molecule has 0 N–H and O–H groups in total. The van der Waals surface area contributed by atoms with Gasteiger partial charge in [-0.05, 0) is 36.6 Å². The number of carbonyl (C=O) groups is 2. The van der Waals surface area contributed by atoms with Gasteiger partial charge in [-0.3, -0.25) is 9.59 Å². The number of alkyl halides is 2. The van der Waals surface area contributed by atoms with E-state index >= 15 is 0 Å². The average molecular weight is 302 g/mol. The molecule has 1 aromatic rings. The van der Waals surface area contributed by atoms with Gasteiger partial charge in [-0.1, -0.05) is 23.2 Å². The van der Waals surface area contributed by atoms with Crippen molar-refractivity contribution in [1.29, 1.82) is 0 Å². The molecule has 0 fully saturated rings. The molecule has 0 spiro atoms. The molecular weight excluding hydrogens is 289 g/mol. The van der Waals surface area contributed by atoms with E-state index in [2.05, 4.69) is 0 Å². The highest BCUT2D eigenvalue weighted by Crippen LogP contribution is 2.31. The van der Waals surface area contributed by atoms with Crippen molar-refractivity contribution >= 4 is 40.8 Å². The quantitative estimate of drug-likeness (QED) is 0.479. The number of amides is 1. The second-order valence-electron chi connectivity index (χ2n) is 4.28. The largest absolute Gasteiger partial charge is 0.427 e. The van der Waals surface area contributed by atoms with Crippen LogP contribution in [0, 0.1) is 0 Å². The summed E-state index contributed by atoms with van der Waals surface area (Å²) in [4.78, 5) is 23.3. The van der Waals surface area contributed by atoms with E-state index in [0.29, 0.717) is 12.3 Å². The van der Waals surface area contributed by atoms with E-state index in [9.17, 15) is 9.59 Å². The number of ether oxygens (including phenoxy) is 1. The van der Waals surface area contributed by atoms with Gasteiger partial charge in [0.25, 0.3) is 5.91 Å². The maximum atomic E-state index is 11.9. The Labute approximate surface area is 121 Å². The van der Waals surface area contributed by atoms with Crippen LogP contribution in [0.25, 0.3) is 0 Å². The highest BCUT2D eigenvalue weighted by Gasteiger charge is 2.26. The van der Waals surface area contributed by atoms with E-state index in [1.165, 1.54) is 6.92 Å². The predicted molar refractivity (Wildman–Crippen MR) is 73.9 cm³/mol. The zero-order valence-corrected chi connectivity index (χ0v) is 11.9. The van der Waals surface area contributed by atoms with Crippen molar-refractivity contribution in [3.05, 3.63) is 23.8 Å². The topological polar surface area (TPSA) is 46.6 Å². The van der Waals surface area contributed by atoms with E-state index in [1.807, 2.05) is 0 Å². The highest BCUT2D eigenvalue weighted by molar-refractivity contribution is 6.54. The van der Waals surface area contributed by atoms with Crippen molar-refractivity contribution < 1.29 is 14.3 Å². The third-order valence-corrected chi connectivity index (χ3v) is 3.26. The molecular formula is C13H13Cl2NO3. The molecule has 19 heavy (non-hydrogen) atoms. The Balaban J connectivity index is 2.30. The molecule has 6 heteroatoms. The summed E-state index contributed by atoms with van der Waals surface area (Å²) in [5.41, 5.74) is 1.73. The zero-order valence-electron chi connectivity index (χ0n) is 10.4. The number of anilines is 1. The van der Waals surface area contributed by atoms with Gasteiger partial charge in [-0.25, -0.2) is 0 Å². The number of benzene rings is 1. The first kappa shape index (κ1) is 14.2. The standard InChI is InChI=1S/C13H13Cl2NO3/c1-8(17)19-10-4-5-11-9(7-10)3-2-6-16(11)13(18)12(14)15/h4-5,7,12H,2-3,6H2,1H3. The molecule has 0 aromatic heterocycles. The number of halogens is 2. The normalized spacial score (nSPS) is 14.2. The molecule has 0 radical (unpaired) electrons. The summed E-state index contributed by atoms with van der Waals surface area (Å²) in [5, 5.41) is 0. The lowest BCUT2D eigenvalue weighted by molar-refractivity contribution is -0.131. The lowest BCUT2D eigenvalue weighted by Gasteiger charge is -2.30. The molecule has 0 saturated carbocycles. The number of fused-ring (bicyclic) bond motifs is 1. The fourth-order valence-electron chi connectivity index (χ4n) is 2.15. The molecule has 0 unspecified atom stereocenters. The first-order valence-corrected chi connectivity index (χ1v) is 6.77. The van der Waals surface area contributed by atoms with Crippen LogP contribution in [0.4, 0.5) is 5.69 Å². The van der Waals surface area contributed by atoms with Crippen molar-refractivity contribution in [2.45, 2.75) is 24.6 Å². The number of hydrogen-bond acceptors (Lipinski definition) is 3. The number of hydrogen-bond donors (Lipinski definition) is 0. The Hall–Kier alpha value is -1.26. The Morgan fingerprint density at radius 1 is 1.37 bits per heavy atom. The molecule has 102 valence electrons. The fraction of sp³-hybridized carbons (Fsp3) is 0.385. The zero-order chi connectivity index (χ0) is 14.0. The Bertz CT molecular complexity index is 517. The minimum absolute atomic E-state index is 0.329. The van der Waals surface area contributed by atoms with Crippen LogP contribution < -0.4 is 9.64 Å². The van der Waals surface area contributed by atoms with Crippen LogP contribution in [0.15, 0.2) is 18.2 Å². The van der Waals surface area contributed by atoms with E-state index in [0.717, 1.165) is 24.1 Å². The molecule has 4 nitrogen and oxygen atoms in total. The summed E-state index contributed by atoms with van der Waals surface area (Å²) in [6, 6.07) is 5.18. The number of esters is 1. The van der Waals surface area contributed by atoms with Crippen LogP contribution in [0.3, 0.4) is 0 Å². The molecule has 0 saturated heterocycles. The summed E-state index contributed by atoms with van der Waals surface area (Å²) in [5.74, 6) is -0.219. The molecule has 0 bridgehead atoms. The minimum atomic E-state index is -1.07. The van der Waals surface area contributed by atoms with Crippen LogP contribution in [-0.4, -0.2) is 23.3 Å². The Kier molecular flexibility index (Phi) is 4.32. The van der Waals surface area contributed by atoms with Gasteiger partial charge in [0.05, 0.1) is 0 Å². The third kappa shape index (κ3) is 3.19. The predicted octanol–water partition coefficient (Wildman–Crippen LogP) is 2.69. The minimum Gasteiger partial charge on any atom is -0.427 e. The van der Waals surface area contributed by atoms with Gasteiger partial charge in [0.15, 0.2) is 4.84 Å². The first-order valence-electron chi connectivity index (χ1n) is 5.90. The van der Waals surface area contributed by atoms with Crippen molar-refractivity contribution in [2.75, 3.05) is 11.4 Å². The van der Waals surface area contributed by atoms with Gasteiger partial charge in [-0.2, -0.15) is 0 Å². The van der Waals surface area contributed by atoms with Crippen molar-refractivity contribution in [2.24, 2.45) is 0 Å². The van der Waals surface area contributed by atoms with Gasteiger partial charge in [0.1, 0.15) is 5.75 Å². The fourth-order valence-corrected chi connectivity index (χ4v) is 2.39. The summed E-state index contributed by atoms with van der Waals surface area (Å²) >= 11 is 11.3. The van der Waals surface area contributed by atoms with Crippen LogP contribution in [0.1, 0.15) is 18.9 Å². The highest BCUT2D eigenvalue weighted by atomic mass is 35.5. The smallest absolute Gasteiger partial charge is 0.308 e. The lowest BCUT2D eigenvalue weighted by atomic mass is 10.0. The van der Waals surface area contributed by atoms with E-state index in [4.69, 9.17) is 27.9 Å². The number of aryl methyl sites for hydroxylation is 1. The van der Waals surface area contributed by atoms with Gasteiger partial charge in [-0.15, -0.1) is 0 Å². The van der Waals surface area contributed by atoms with E-state index < -0.39 is 4.84 Å². The molecule has 1 aliphatic heterocycles. The number of nitrogens with zero attached hydrogens (tertiary/aromatic N) is 1. The average Bonchev–Trinajstić information content (AvgIpc) is 2.36. The Morgan fingerprint density at radius 3 is 2.74 bits per heavy atom. The van der Waals surface area contributed by atoms with Crippen molar-refractivity contribution in [1.82, 2.24) is 0 Å². The maximum Gasteiger partial charge on any atom is 0.308 e. The summed E-state index contributed by atoms with van der Waals surface area (Å²) in [6.45, 7) is 1.94. The Morgan fingerprint density at radius 2 is 2.11 bits per heavy atom. The van der Waals surface area contributed by atoms with E-state index in [1.54, 1.807) is 23.1 Å².